The maximum atomic E-state index is 10.9. The van der Waals surface area contributed by atoms with Crippen LogP contribution in [0.15, 0.2) is 36.4 Å². The largest absolute Gasteiger partial charge is 0.296 e. The highest BCUT2D eigenvalue weighted by Crippen LogP contribution is 2.23. The average molecular weight is 281 g/mol. The summed E-state index contributed by atoms with van der Waals surface area (Å²) in [5.74, 6) is 0. The van der Waals surface area contributed by atoms with E-state index in [0.717, 1.165) is 11.1 Å². The van der Waals surface area contributed by atoms with Crippen molar-refractivity contribution in [3.8, 4) is 0 Å². The van der Waals surface area contributed by atoms with Crippen LogP contribution in [0.3, 0.4) is 0 Å². The van der Waals surface area contributed by atoms with Gasteiger partial charge in [0.15, 0.2) is 12.6 Å². The van der Waals surface area contributed by atoms with Crippen LogP contribution >= 0.6 is 0 Å². The van der Waals surface area contributed by atoms with Crippen LogP contribution in [0.2, 0.25) is 0 Å². The van der Waals surface area contributed by atoms with Gasteiger partial charge in [-0.05, 0) is 40.7 Å². The molecule has 0 saturated heterocycles. The number of pyridine rings is 1. The fourth-order valence-electron chi connectivity index (χ4n) is 2.22. The van der Waals surface area contributed by atoms with Crippen LogP contribution in [0, 0.1) is 0 Å². The van der Waals surface area contributed by atoms with Crippen molar-refractivity contribution in [3.63, 3.8) is 0 Å². The zero-order valence-corrected chi connectivity index (χ0v) is 12.6. The number of aldehydes is 2. The Morgan fingerprint density at radius 2 is 1.43 bits per heavy atom. The van der Waals surface area contributed by atoms with Crippen molar-refractivity contribution in [2.24, 2.45) is 0 Å². The summed E-state index contributed by atoms with van der Waals surface area (Å²) >= 11 is 0. The van der Waals surface area contributed by atoms with Crippen molar-refractivity contribution in [3.05, 3.63) is 64.5 Å². The molecule has 0 unspecified atom stereocenters. The highest BCUT2D eigenvalue weighted by atomic mass is 16.1. The first-order valence-corrected chi connectivity index (χ1v) is 6.93. The van der Waals surface area contributed by atoms with Gasteiger partial charge < -0.3 is 0 Å². The molecule has 0 amide bonds. The lowest BCUT2D eigenvalue weighted by Gasteiger charge is -2.19. The van der Waals surface area contributed by atoms with Gasteiger partial charge in [0.2, 0.25) is 0 Å². The lowest BCUT2D eigenvalue weighted by molar-refractivity contribution is 0.111. The SMILES string of the molecule is CC(C)(C)c1ccc(Cc2cc(C=O)nc(C=O)c2)cc1. The minimum absolute atomic E-state index is 0.130. The number of benzene rings is 1. The maximum Gasteiger partial charge on any atom is 0.168 e. The summed E-state index contributed by atoms with van der Waals surface area (Å²) in [6.07, 6.45) is 2.01. The Kier molecular flexibility index (Phi) is 4.32. The van der Waals surface area contributed by atoms with Crippen molar-refractivity contribution >= 4 is 12.6 Å². The molecule has 1 heterocycles. The molecule has 1 aromatic heterocycles. The third-order valence-corrected chi connectivity index (χ3v) is 3.39. The zero-order valence-electron chi connectivity index (χ0n) is 12.6. The molecule has 21 heavy (non-hydrogen) atoms. The molecule has 0 fully saturated rings. The topological polar surface area (TPSA) is 47.0 Å². The van der Waals surface area contributed by atoms with Gasteiger partial charge in [-0.15, -0.1) is 0 Å². The average Bonchev–Trinajstić information content (AvgIpc) is 2.46. The number of aromatic nitrogens is 1. The van der Waals surface area contributed by atoms with E-state index in [1.165, 1.54) is 5.56 Å². The Morgan fingerprint density at radius 1 is 0.905 bits per heavy atom. The number of hydrogen-bond donors (Lipinski definition) is 0. The highest BCUT2D eigenvalue weighted by Gasteiger charge is 2.13. The Morgan fingerprint density at radius 3 is 1.86 bits per heavy atom. The summed E-state index contributed by atoms with van der Waals surface area (Å²) in [4.78, 5) is 25.6. The first-order chi connectivity index (χ1) is 9.92. The van der Waals surface area contributed by atoms with E-state index in [1.54, 1.807) is 12.1 Å². The quantitative estimate of drug-likeness (QED) is 0.804. The smallest absolute Gasteiger partial charge is 0.168 e. The van der Waals surface area contributed by atoms with E-state index in [9.17, 15) is 9.59 Å². The Labute approximate surface area is 125 Å². The normalized spacial score (nSPS) is 11.2. The molecule has 0 aliphatic heterocycles. The van der Waals surface area contributed by atoms with Crippen molar-refractivity contribution in [2.75, 3.05) is 0 Å². The molecule has 0 radical (unpaired) electrons. The van der Waals surface area contributed by atoms with Crippen LogP contribution in [0.1, 0.15) is 58.4 Å². The predicted octanol–water partition coefficient (Wildman–Crippen LogP) is 3.59. The molecule has 3 heteroatoms. The molecule has 0 spiro atoms. The molecule has 0 aliphatic rings. The van der Waals surface area contributed by atoms with E-state index in [0.29, 0.717) is 30.4 Å². The minimum Gasteiger partial charge on any atom is -0.296 e. The van der Waals surface area contributed by atoms with Crippen LogP contribution in [0.5, 0.6) is 0 Å². The summed E-state index contributed by atoms with van der Waals surface area (Å²) in [5, 5.41) is 0. The van der Waals surface area contributed by atoms with Crippen molar-refractivity contribution in [1.29, 1.82) is 0 Å². The van der Waals surface area contributed by atoms with Crippen LogP contribution < -0.4 is 0 Å². The molecule has 108 valence electrons. The second kappa shape index (κ2) is 6.00. The van der Waals surface area contributed by atoms with E-state index < -0.39 is 0 Å². The van der Waals surface area contributed by atoms with E-state index in [1.807, 2.05) is 0 Å². The molecule has 0 saturated carbocycles. The summed E-state index contributed by atoms with van der Waals surface area (Å²) in [6, 6.07) is 11.9. The fraction of sp³-hybridized carbons (Fsp3) is 0.278. The van der Waals surface area contributed by atoms with Gasteiger partial charge in [-0.2, -0.15) is 0 Å². The highest BCUT2D eigenvalue weighted by molar-refractivity contribution is 5.77. The monoisotopic (exact) mass is 281 g/mol. The summed E-state index contributed by atoms with van der Waals surface area (Å²) in [6.45, 7) is 6.53. The zero-order chi connectivity index (χ0) is 15.5. The first kappa shape index (κ1) is 15.1. The molecule has 0 aliphatic carbocycles. The van der Waals surface area contributed by atoms with Crippen LogP contribution in [-0.2, 0) is 11.8 Å². The second-order valence-electron chi connectivity index (χ2n) is 6.18. The van der Waals surface area contributed by atoms with Gasteiger partial charge in [0.05, 0.1) is 0 Å². The Balaban J connectivity index is 2.25. The third-order valence-electron chi connectivity index (χ3n) is 3.39. The van der Waals surface area contributed by atoms with E-state index in [-0.39, 0.29) is 5.41 Å². The number of nitrogens with zero attached hydrogens (tertiary/aromatic N) is 1. The lowest BCUT2D eigenvalue weighted by Crippen LogP contribution is -2.10. The predicted molar refractivity (Wildman–Crippen MR) is 83.0 cm³/mol. The van der Waals surface area contributed by atoms with E-state index >= 15 is 0 Å². The van der Waals surface area contributed by atoms with Gasteiger partial charge in [-0.25, -0.2) is 4.98 Å². The number of hydrogen-bond acceptors (Lipinski definition) is 3. The van der Waals surface area contributed by atoms with Gasteiger partial charge in [-0.1, -0.05) is 45.0 Å². The van der Waals surface area contributed by atoms with Gasteiger partial charge in [0.25, 0.3) is 0 Å². The fourth-order valence-corrected chi connectivity index (χ4v) is 2.22. The Bertz CT molecular complexity index is 626. The number of rotatable bonds is 4. The van der Waals surface area contributed by atoms with E-state index in [4.69, 9.17) is 0 Å². The van der Waals surface area contributed by atoms with E-state index in [2.05, 4.69) is 50.0 Å². The lowest BCUT2D eigenvalue weighted by atomic mass is 9.86. The van der Waals surface area contributed by atoms with Gasteiger partial charge in [0, 0.05) is 0 Å². The third kappa shape index (κ3) is 3.85. The second-order valence-corrected chi connectivity index (χ2v) is 6.18. The molecular weight excluding hydrogens is 262 g/mol. The minimum atomic E-state index is 0.130. The summed E-state index contributed by atoms with van der Waals surface area (Å²) in [5.41, 5.74) is 4.05. The maximum absolute atomic E-state index is 10.9. The molecule has 2 rings (SSSR count). The van der Waals surface area contributed by atoms with Gasteiger partial charge in [-0.3, -0.25) is 9.59 Å². The number of carbonyl (C=O) groups is 2. The standard InChI is InChI=1S/C18H19NO2/c1-18(2,3)15-6-4-13(5-7-15)8-14-9-16(11-20)19-17(10-14)12-21/h4-7,9-12H,8H2,1-3H3. The first-order valence-electron chi connectivity index (χ1n) is 6.93. The molecule has 0 N–H and O–H groups in total. The molecule has 0 bridgehead atoms. The molecule has 2 aromatic rings. The Hall–Kier alpha value is -2.29. The van der Waals surface area contributed by atoms with Crippen LogP contribution in [-0.4, -0.2) is 17.6 Å². The molecule has 3 nitrogen and oxygen atoms in total. The molecular formula is C18H19NO2. The van der Waals surface area contributed by atoms with Gasteiger partial charge in [0.1, 0.15) is 11.4 Å². The van der Waals surface area contributed by atoms with Crippen molar-refractivity contribution in [1.82, 2.24) is 4.98 Å². The molecule has 0 atom stereocenters. The summed E-state index contributed by atoms with van der Waals surface area (Å²) < 4.78 is 0. The van der Waals surface area contributed by atoms with Crippen LogP contribution in [0.4, 0.5) is 0 Å². The van der Waals surface area contributed by atoms with Crippen LogP contribution in [0.25, 0.3) is 0 Å². The summed E-state index contributed by atoms with van der Waals surface area (Å²) in [7, 11) is 0. The van der Waals surface area contributed by atoms with Crippen molar-refractivity contribution in [2.45, 2.75) is 32.6 Å². The van der Waals surface area contributed by atoms with Crippen molar-refractivity contribution < 1.29 is 9.59 Å². The number of carbonyl (C=O) groups excluding carboxylic acids is 2. The molecule has 1 aromatic carbocycles. The van der Waals surface area contributed by atoms with Gasteiger partial charge >= 0.3 is 0 Å².